The maximum Gasteiger partial charge on any atom is 0.185 e. The quantitative estimate of drug-likeness (QED) is 0.808. The molecule has 0 bridgehead atoms. The predicted octanol–water partition coefficient (Wildman–Crippen LogP) is 3.51. The van der Waals surface area contributed by atoms with Crippen molar-refractivity contribution in [3.63, 3.8) is 0 Å². The van der Waals surface area contributed by atoms with Crippen LogP contribution in [0.1, 0.15) is 23.0 Å². The minimum absolute atomic E-state index is 0.134. The third-order valence-electron chi connectivity index (χ3n) is 3.59. The Balaban J connectivity index is 1.69. The first-order valence-corrected chi connectivity index (χ1v) is 9.14. The van der Waals surface area contributed by atoms with Gasteiger partial charge < -0.3 is 4.90 Å². The number of benzene rings is 1. The number of thioether (sulfide) groups is 1. The number of carbonyl (C=O) groups is 1. The maximum absolute atomic E-state index is 12.2. The van der Waals surface area contributed by atoms with Gasteiger partial charge in [0.15, 0.2) is 10.9 Å². The Morgan fingerprint density at radius 3 is 2.95 bits per heavy atom. The third-order valence-corrected chi connectivity index (χ3v) is 5.71. The monoisotopic (exact) mass is 318 g/mol. The van der Waals surface area contributed by atoms with Crippen LogP contribution in [0.2, 0.25) is 0 Å². The molecule has 0 aliphatic carbocycles. The van der Waals surface area contributed by atoms with Crippen molar-refractivity contribution >= 4 is 34.0 Å². The lowest BCUT2D eigenvalue weighted by Crippen LogP contribution is -2.40. The summed E-state index contributed by atoms with van der Waals surface area (Å²) in [6, 6.07) is 9.96. The van der Waals surface area contributed by atoms with E-state index in [4.69, 9.17) is 0 Å². The van der Waals surface area contributed by atoms with Crippen LogP contribution in [-0.2, 0) is 6.42 Å². The molecule has 1 unspecified atom stereocenters. The minimum Gasteiger partial charge on any atom is -0.344 e. The summed E-state index contributed by atoms with van der Waals surface area (Å²) in [7, 11) is 0. The van der Waals surface area contributed by atoms with E-state index in [2.05, 4.69) is 16.8 Å². The van der Waals surface area contributed by atoms with Gasteiger partial charge in [0.25, 0.3) is 0 Å². The molecule has 1 aromatic carbocycles. The van der Waals surface area contributed by atoms with Crippen LogP contribution < -0.4 is 4.90 Å². The molecule has 5 heteroatoms. The Hall–Kier alpha value is -1.33. The standard InChI is InChI=1S/C16H18N2OS2/c1-12-10-20-8-7-18(12)16-17-14(11-21-16)9-15(19)13-5-3-2-4-6-13/h2-6,11-12H,7-10H2,1H3. The molecule has 3 rings (SSSR count). The number of hydrogen-bond donors (Lipinski definition) is 0. The second kappa shape index (κ2) is 6.62. The average molecular weight is 318 g/mol. The summed E-state index contributed by atoms with van der Waals surface area (Å²) in [5, 5.41) is 3.07. The van der Waals surface area contributed by atoms with Crippen molar-refractivity contribution in [3.05, 3.63) is 47.0 Å². The van der Waals surface area contributed by atoms with Crippen LogP contribution in [0.5, 0.6) is 0 Å². The van der Waals surface area contributed by atoms with Crippen LogP contribution in [0, 0.1) is 0 Å². The van der Waals surface area contributed by atoms with Gasteiger partial charge in [-0.05, 0) is 6.92 Å². The minimum atomic E-state index is 0.134. The van der Waals surface area contributed by atoms with Crippen LogP contribution in [0.25, 0.3) is 0 Å². The van der Waals surface area contributed by atoms with Crippen molar-refractivity contribution in [2.45, 2.75) is 19.4 Å². The molecule has 0 N–H and O–H groups in total. The van der Waals surface area contributed by atoms with Gasteiger partial charge >= 0.3 is 0 Å². The van der Waals surface area contributed by atoms with Gasteiger partial charge in [-0.2, -0.15) is 11.8 Å². The van der Waals surface area contributed by atoms with Crippen molar-refractivity contribution in [1.29, 1.82) is 0 Å². The molecule has 0 saturated carbocycles. The van der Waals surface area contributed by atoms with Crippen LogP contribution >= 0.6 is 23.1 Å². The molecule has 1 aliphatic rings. The van der Waals surface area contributed by atoms with Crippen molar-refractivity contribution in [2.75, 3.05) is 23.0 Å². The second-order valence-electron chi connectivity index (χ2n) is 5.20. The molecule has 1 atom stereocenters. The molecule has 0 amide bonds. The summed E-state index contributed by atoms with van der Waals surface area (Å²) in [5.41, 5.74) is 1.64. The van der Waals surface area contributed by atoms with E-state index < -0.39 is 0 Å². The molecular formula is C16H18N2OS2. The van der Waals surface area contributed by atoms with Crippen molar-refractivity contribution in [2.24, 2.45) is 0 Å². The van der Waals surface area contributed by atoms with Gasteiger partial charge in [0.2, 0.25) is 0 Å². The smallest absolute Gasteiger partial charge is 0.185 e. The van der Waals surface area contributed by atoms with E-state index in [9.17, 15) is 4.79 Å². The normalized spacial score (nSPS) is 18.7. The van der Waals surface area contributed by atoms with Gasteiger partial charge in [-0.25, -0.2) is 4.98 Å². The fraction of sp³-hybridized carbons (Fsp3) is 0.375. The summed E-state index contributed by atoms with van der Waals surface area (Å²) in [6.45, 7) is 3.29. The molecule has 1 aliphatic heterocycles. The number of aromatic nitrogens is 1. The summed E-state index contributed by atoms with van der Waals surface area (Å²) in [4.78, 5) is 19.2. The Morgan fingerprint density at radius 2 is 2.19 bits per heavy atom. The number of carbonyl (C=O) groups excluding carboxylic acids is 1. The Labute approximate surface area is 133 Å². The van der Waals surface area contributed by atoms with E-state index in [-0.39, 0.29) is 5.78 Å². The van der Waals surface area contributed by atoms with Gasteiger partial charge in [-0.15, -0.1) is 11.3 Å². The fourth-order valence-electron chi connectivity index (χ4n) is 2.41. The first kappa shape index (κ1) is 14.6. The zero-order chi connectivity index (χ0) is 14.7. The SMILES string of the molecule is CC1CSCCN1c1nc(CC(=O)c2ccccc2)cs1. The number of Topliss-reactive ketones (excluding diaryl/α,β-unsaturated/α-hetero) is 1. The Morgan fingerprint density at radius 1 is 1.38 bits per heavy atom. The van der Waals surface area contributed by atoms with Crippen LogP contribution in [-0.4, -0.2) is 34.9 Å². The van der Waals surface area contributed by atoms with E-state index in [1.807, 2.05) is 47.5 Å². The van der Waals surface area contributed by atoms with Crippen LogP contribution in [0.15, 0.2) is 35.7 Å². The van der Waals surface area contributed by atoms with E-state index in [0.29, 0.717) is 12.5 Å². The zero-order valence-corrected chi connectivity index (χ0v) is 13.6. The van der Waals surface area contributed by atoms with Crippen molar-refractivity contribution in [3.8, 4) is 0 Å². The molecule has 1 saturated heterocycles. The van der Waals surface area contributed by atoms with Gasteiger partial charge in [0.1, 0.15) is 0 Å². The van der Waals surface area contributed by atoms with E-state index >= 15 is 0 Å². The van der Waals surface area contributed by atoms with Crippen molar-refractivity contribution in [1.82, 2.24) is 4.98 Å². The van der Waals surface area contributed by atoms with E-state index in [1.54, 1.807) is 11.3 Å². The molecule has 1 aromatic heterocycles. The van der Waals surface area contributed by atoms with Gasteiger partial charge in [0.05, 0.1) is 12.1 Å². The van der Waals surface area contributed by atoms with Crippen LogP contribution in [0.3, 0.4) is 0 Å². The number of thiazole rings is 1. The molecule has 2 heterocycles. The Kier molecular flexibility index (Phi) is 4.60. The topological polar surface area (TPSA) is 33.2 Å². The fourth-order valence-corrected chi connectivity index (χ4v) is 4.38. The molecular weight excluding hydrogens is 300 g/mol. The van der Waals surface area contributed by atoms with Gasteiger partial charge in [0, 0.05) is 35.0 Å². The summed E-state index contributed by atoms with van der Waals surface area (Å²) in [5.74, 6) is 2.44. The zero-order valence-electron chi connectivity index (χ0n) is 12.0. The number of anilines is 1. The number of nitrogens with zero attached hydrogens (tertiary/aromatic N) is 2. The molecule has 0 radical (unpaired) electrons. The summed E-state index contributed by atoms with van der Waals surface area (Å²) in [6.07, 6.45) is 0.386. The second-order valence-corrected chi connectivity index (χ2v) is 7.19. The Bertz CT molecular complexity index is 612. The highest BCUT2D eigenvalue weighted by Gasteiger charge is 2.21. The van der Waals surface area contributed by atoms with Gasteiger partial charge in [-0.3, -0.25) is 4.79 Å². The first-order valence-electron chi connectivity index (χ1n) is 7.11. The summed E-state index contributed by atoms with van der Waals surface area (Å²) < 4.78 is 0. The number of hydrogen-bond acceptors (Lipinski definition) is 5. The van der Waals surface area contributed by atoms with Crippen molar-refractivity contribution < 1.29 is 4.79 Å². The number of rotatable bonds is 4. The maximum atomic E-state index is 12.2. The molecule has 110 valence electrons. The average Bonchev–Trinajstić information content (AvgIpc) is 2.97. The highest BCUT2D eigenvalue weighted by atomic mass is 32.2. The van der Waals surface area contributed by atoms with Gasteiger partial charge in [-0.1, -0.05) is 30.3 Å². The molecule has 0 spiro atoms. The molecule has 21 heavy (non-hydrogen) atoms. The number of ketones is 1. The largest absolute Gasteiger partial charge is 0.344 e. The third kappa shape index (κ3) is 3.47. The summed E-state index contributed by atoms with van der Waals surface area (Å²) >= 11 is 3.65. The molecule has 2 aromatic rings. The van der Waals surface area contributed by atoms with E-state index in [0.717, 1.165) is 34.4 Å². The molecule has 1 fully saturated rings. The molecule has 3 nitrogen and oxygen atoms in total. The first-order chi connectivity index (χ1) is 10.2. The van der Waals surface area contributed by atoms with Crippen LogP contribution in [0.4, 0.5) is 5.13 Å². The highest BCUT2D eigenvalue weighted by Crippen LogP contribution is 2.27. The predicted molar refractivity (Wildman–Crippen MR) is 90.7 cm³/mol. The lowest BCUT2D eigenvalue weighted by molar-refractivity contribution is 0.0992. The lowest BCUT2D eigenvalue weighted by atomic mass is 10.1. The lowest BCUT2D eigenvalue weighted by Gasteiger charge is -2.32. The van der Waals surface area contributed by atoms with E-state index in [1.165, 1.54) is 0 Å². The highest BCUT2D eigenvalue weighted by molar-refractivity contribution is 7.99.